The minimum absolute atomic E-state index is 0.383. The van der Waals surface area contributed by atoms with Crippen molar-refractivity contribution in [1.82, 2.24) is 10.4 Å². The molecule has 5 N–H and O–H groups in total. The molecule has 5 nitrogen and oxygen atoms in total. The second-order valence-corrected chi connectivity index (χ2v) is 4.08. The van der Waals surface area contributed by atoms with E-state index in [0.29, 0.717) is 0 Å². The molecule has 0 atom stereocenters. The van der Waals surface area contributed by atoms with Crippen molar-refractivity contribution in [3.63, 3.8) is 0 Å². The molecule has 0 saturated heterocycles. The summed E-state index contributed by atoms with van der Waals surface area (Å²) >= 11 is 0. The Morgan fingerprint density at radius 2 is 1.37 bits per heavy atom. The maximum Gasteiger partial charge on any atom is 0.346 e. The molecule has 2 amide bonds. The minimum atomic E-state index is -0.544. The van der Waals surface area contributed by atoms with Crippen LogP contribution in [-0.4, -0.2) is 11.0 Å². The van der Waals surface area contributed by atoms with Gasteiger partial charge in [0.2, 0.25) is 0 Å². The number of amides is 2. The summed E-state index contributed by atoms with van der Waals surface area (Å²) in [5, 5.41) is 1.09. The Labute approximate surface area is 111 Å². The van der Waals surface area contributed by atoms with E-state index in [-0.39, 0.29) is 6.04 Å². The fourth-order valence-corrected chi connectivity index (χ4v) is 1.98. The van der Waals surface area contributed by atoms with E-state index in [4.69, 9.17) is 11.7 Å². The number of carbonyl (C=O) groups excluding carboxylic acids is 1. The standard InChI is InChI=1S/C14H16N4O/c15-17-14(19)18(16)13(11-7-3-1-4-8-11)12-9-5-2-6-10-12/h1-10,13H,15-16H2,(H,17,19). The Hall–Kier alpha value is -2.37. The van der Waals surface area contributed by atoms with Crippen molar-refractivity contribution >= 4 is 6.03 Å². The molecule has 0 aliphatic rings. The fraction of sp³-hybridized carbons (Fsp3) is 0.0714. The molecule has 0 heterocycles. The maximum absolute atomic E-state index is 11.7. The van der Waals surface area contributed by atoms with Gasteiger partial charge in [-0.3, -0.25) is 5.43 Å². The molecule has 19 heavy (non-hydrogen) atoms. The highest BCUT2D eigenvalue weighted by molar-refractivity contribution is 5.74. The Bertz CT molecular complexity index is 490. The number of hydrogen-bond donors (Lipinski definition) is 3. The summed E-state index contributed by atoms with van der Waals surface area (Å²) in [7, 11) is 0. The molecular weight excluding hydrogens is 240 g/mol. The van der Waals surface area contributed by atoms with E-state index in [9.17, 15) is 4.79 Å². The minimum Gasteiger partial charge on any atom is -0.275 e. The van der Waals surface area contributed by atoms with Gasteiger partial charge in [-0.1, -0.05) is 60.7 Å². The van der Waals surface area contributed by atoms with E-state index in [1.165, 1.54) is 0 Å². The summed E-state index contributed by atoms with van der Waals surface area (Å²) in [5.74, 6) is 11.0. The van der Waals surface area contributed by atoms with Crippen LogP contribution < -0.4 is 17.1 Å². The number of benzene rings is 2. The molecule has 2 rings (SSSR count). The first-order valence-electron chi connectivity index (χ1n) is 5.88. The van der Waals surface area contributed by atoms with Gasteiger partial charge < -0.3 is 0 Å². The zero-order valence-corrected chi connectivity index (χ0v) is 10.4. The molecule has 0 fully saturated rings. The lowest BCUT2D eigenvalue weighted by molar-refractivity contribution is 0.185. The van der Waals surface area contributed by atoms with Crippen molar-refractivity contribution in [2.75, 3.05) is 0 Å². The highest BCUT2D eigenvalue weighted by Crippen LogP contribution is 2.26. The third-order valence-electron chi connectivity index (χ3n) is 2.87. The molecule has 2 aromatic carbocycles. The predicted octanol–water partition coefficient (Wildman–Crippen LogP) is 1.54. The van der Waals surface area contributed by atoms with E-state index in [0.717, 1.165) is 16.1 Å². The summed E-state index contributed by atoms with van der Waals surface area (Å²) in [4.78, 5) is 11.7. The summed E-state index contributed by atoms with van der Waals surface area (Å²) < 4.78 is 0. The number of nitrogens with zero attached hydrogens (tertiary/aromatic N) is 1. The van der Waals surface area contributed by atoms with Crippen LogP contribution in [0.1, 0.15) is 17.2 Å². The Balaban J connectivity index is 2.43. The number of hydrazine groups is 2. The molecule has 0 aliphatic heterocycles. The van der Waals surface area contributed by atoms with Gasteiger partial charge in [-0.05, 0) is 11.1 Å². The van der Waals surface area contributed by atoms with Crippen molar-refractivity contribution in [2.45, 2.75) is 6.04 Å². The van der Waals surface area contributed by atoms with E-state index < -0.39 is 6.03 Å². The normalized spacial score (nSPS) is 10.3. The molecule has 0 radical (unpaired) electrons. The number of rotatable bonds is 3. The Morgan fingerprint density at radius 1 is 0.947 bits per heavy atom. The highest BCUT2D eigenvalue weighted by Gasteiger charge is 2.23. The molecular formula is C14H16N4O. The van der Waals surface area contributed by atoms with E-state index in [1.54, 1.807) is 0 Å². The van der Waals surface area contributed by atoms with Gasteiger partial charge in [-0.25, -0.2) is 21.5 Å². The van der Waals surface area contributed by atoms with E-state index in [2.05, 4.69) is 0 Å². The van der Waals surface area contributed by atoms with Gasteiger partial charge in [0, 0.05) is 0 Å². The first-order chi connectivity index (χ1) is 9.24. The van der Waals surface area contributed by atoms with Gasteiger partial charge in [0.15, 0.2) is 0 Å². The zero-order chi connectivity index (χ0) is 13.7. The second-order valence-electron chi connectivity index (χ2n) is 4.08. The Morgan fingerprint density at radius 3 is 1.74 bits per heavy atom. The summed E-state index contributed by atoms with van der Waals surface area (Å²) in [6.07, 6.45) is 0. The number of urea groups is 1. The van der Waals surface area contributed by atoms with Crippen LogP contribution in [0.25, 0.3) is 0 Å². The molecule has 0 aromatic heterocycles. The number of nitrogens with two attached hydrogens (primary N) is 2. The number of hydrogen-bond acceptors (Lipinski definition) is 3. The first kappa shape index (κ1) is 13.1. The van der Waals surface area contributed by atoms with Gasteiger partial charge in [0.05, 0.1) is 6.04 Å². The quantitative estimate of drug-likeness (QED) is 0.442. The topological polar surface area (TPSA) is 84.4 Å². The molecule has 2 aromatic rings. The van der Waals surface area contributed by atoms with Gasteiger partial charge in [0.1, 0.15) is 0 Å². The maximum atomic E-state index is 11.7. The van der Waals surface area contributed by atoms with Crippen molar-refractivity contribution in [2.24, 2.45) is 11.7 Å². The molecule has 98 valence electrons. The van der Waals surface area contributed by atoms with E-state index >= 15 is 0 Å². The van der Waals surface area contributed by atoms with E-state index in [1.807, 2.05) is 66.1 Å². The van der Waals surface area contributed by atoms with Gasteiger partial charge in [0.25, 0.3) is 0 Å². The van der Waals surface area contributed by atoms with Gasteiger partial charge in [-0.2, -0.15) is 0 Å². The van der Waals surface area contributed by atoms with Crippen LogP contribution >= 0.6 is 0 Å². The zero-order valence-electron chi connectivity index (χ0n) is 10.4. The van der Waals surface area contributed by atoms with Crippen LogP contribution in [0.2, 0.25) is 0 Å². The van der Waals surface area contributed by atoms with Crippen LogP contribution in [0.4, 0.5) is 4.79 Å². The smallest absolute Gasteiger partial charge is 0.275 e. The lowest BCUT2D eigenvalue weighted by Gasteiger charge is -2.27. The van der Waals surface area contributed by atoms with Gasteiger partial charge >= 0.3 is 6.03 Å². The molecule has 0 unspecified atom stereocenters. The van der Waals surface area contributed by atoms with Crippen LogP contribution in [-0.2, 0) is 0 Å². The Kier molecular flexibility index (Phi) is 4.12. The van der Waals surface area contributed by atoms with Crippen molar-refractivity contribution in [1.29, 1.82) is 0 Å². The lowest BCUT2D eigenvalue weighted by atomic mass is 9.98. The summed E-state index contributed by atoms with van der Waals surface area (Å²) in [5.41, 5.74) is 3.88. The molecule has 5 heteroatoms. The van der Waals surface area contributed by atoms with Gasteiger partial charge in [-0.15, -0.1) is 0 Å². The SMILES string of the molecule is NNC(=O)N(N)C(c1ccccc1)c1ccccc1. The average molecular weight is 256 g/mol. The largest absolute Gasteiger partial charge is 0.346 e. The van der Waals surface area contributed by atoms with Crippen LogP contribution in [0.5, 0.6) is 0 Å². The predicted molar refractivity (Wildman–Crippen MR) is 73.5 cm³/mol. The molecule has 0 aliphatic carbocycles. The molecule has 0 saturated carbocycles. The third kappa shape index (κ3) is 2.90. The summed E-state index contributed by atoms with van der Waals surface area (Å²) in [6.45, 7) is 0. The second kappa shape index (κ2) is 5.99. The first-order valence-corrected chi connectivity index (χ1v) is 5.88. The highest BCUT2D eigenvalue weighted by atomic mass is 16.2. The molecule has 0 bridgehead atoms. The fourth-order valence-electron chi connectivity index (χ4n) is 1.98. The lowest BCUT2D eigenvalue weighted by Crippen LogP contribution is -2.49. The van der Waals surface area contributed by atoms with Crippen molar-refractivity contribution in [3.8, 4) is 0 Å². The average Bonchev–Trinajstić information content (AvgIpc) is 2.49. The van der Waals surface area contributed by atoms with Crippen LogP contribution in [0.3, 0.4) is 0 Å². The number of carbonyl (C=O) groups is 1. The van der Waals surface area contributed by atoms with Crippen LogP contribution in [0.15, 0.2) is 60.7 Å². The van der Waals surface area contributed by atoms with Crippen LogP contribution in [0, 0.1) is 0 Å². The van der Waals surface area contributed by atoms with Crippen molar-refractivity contribution in [3.05, 3.63) is 71.8 Å². The molecule has 0 spiro atoms. The third-order valence-corrected chi connectivity index (χ3v) is 2.87. The van der Waals surface area contributed by atoms with Crippen molar-refractivity contribution < 1.29 is 4.79 Å². The monoisotopic (exact) mass is 256 g/mol. The number of nitrogens with one attached hydrogen (secondary N) is 1. The summed E-state index contributed by atoms with van der Waals surface area (Å²) in [6, 6.07) is 18.2.